The number of carbonyl (C=O) groups excluding carboxylic acids is 1. The number of hydrazone groups is 1. The van der Waals surface area contributed by atoms with Crippen molar-refractivity contribution in [2.24, 2.45) is 5.10 Å². The molecular weight excluding hydrogens is 423 g/mol. The van der Waals surface area contributed by atoms with Crippen molar-refractivity contribution >= 4 is 35.3 Å². The molecule has 3 aromatic carbocycles. The highest BCUT2D eigenvalue weighted by Crippen LogP contribution is 2.18. The SMILES string of the molecule is C[C@@H](Oc1cccc(Cl)c1)C(=O)N/N=C\c1cccc(OCc2ccc(Cl)cc2)c1. The Bertz CT molecular complexity index is 1020. The monoisotopic (exact) mass is 442 g/mol. The minimum absolute atomic E-state index is 0.374. The number of rotatable bonds is 8. The van der Waals surface area contributed by atoms with Crippen LogP contribution in [0.2, 0.25) is 10.0 Å². The maximum absolute atomic E-state index is 12.2. The predicted octanol–water partition coefficient (Wildman–Crippen LogP) is 5.49. The summed E-state index contributed by atoms with van der Waals surface area (Å²) in [5, 5.41) is 5.21. The largest absolute Gasteiger partial charge is 0.489 e. The fourth-order valence-corrected chi connectivity index (χ4v) is 2.80. The second-order valence-corrected chi connectivity index (χ2v) is 7.31. The van der Waals surface area contributed by atoms with E-state index in [4.69, 9.17) is 32.7 Å². The van der Waals surface area contributed by atoms with Crippen molar-refractivity contribution < 1.29 is 14.3 Å². The van der Waals surface area contributed by atoms with Gasteiger partial charge in [0, 0.05) is 10.0 Å². The molecule has 3 rings (SSSR count). The number of nitrogens with zero attached hydrogens (tertiary/aromatic N) is 1. The molecule has 154 valence electrons. The summed E-state index contributed by atoms with van der Waals surface area (Å²) < 4.78 is 11.4. The summed E-state index contributed by atoms with van der Waals surface area (Å²) in [6.07, 6.45) is 0.814. The quantitative estimate of drug-likeness (QED) is 0.370. The lowest BCUT2D eigenvalue weighted by Crippen LogP contribution is -2.33. The van der Waals surface area contributed by atoms with E-state index in [1.54, 1.807) is 37.4 Å². The van der Waals surface area contributed by atoms with E-state index >= 15 is 0 Å². The average molecular weight is 443 g/mol. The van der Waals surface area contributed by atoms with Crippen molar-refractivity contribution in [2.45, 2.75) is 19.6 Å². The smallest absolute Gasteiger partial charge is 0.280 e. The number of hydrogen-bond donors (Lipinski definition) is 1. The second-order valence-electron chi connectivity index (χ2n) is 6.44. The van der Waals surface area contributed by atoms with E-state index in [2.05, 4.69) is 10.5 Å². The Morgan fingerprint density at radius 1 is 1.00 bits per heavy atom. The van der Waals surface area contributed by atoms with Crippen molar-refractivity contribution in [1.82, 2.24) is 5.43 Å². The summed E-state index contributed by atoms with van der Waals surface area (Å²) >= 11 is 11.8. The zero-order valence-corrected chi connectivity index (χ0v) is 17.7. The van der Waals surface area contributed by atoms with Gasteiger partial charge in [0.05, 0.1) is 6.21 Å². The summed E-state index contributed by atoms with van der Waals surface area (Å²) in [7, 11) is 0. The average Bonchev–Trinajstić information content (AvgIpc) is 2.73. The van der Waals surface area contributed by atoms with Crippen LogP contribution in [0.3, 0.4) is 0 Å². The van der Waals surface area contributed by atoms with Crippen molar-refractivity contribution in [3.05, 3.63) is 94.0 Å². The highest BCUT2D eigenvalue weighted by molar-refractivity contribution is 6.30. The Kier molecular flexibility index (Phi) is 7.71. The Hall–Kier alpha value is -3.02. The van der Waals surface area contributed by atoms with Gasteiger partial charge >= 0.3 is 0 Å². The summed E-state index contributed by atoms with van der Waals surface area (Å²) in [5.74, 6) is 0.832. The number of carbonyl (C=O) groups is 1. The van der Waals surface area contributed by atoms with Gasteiger partial charge in [-0.25, -0.2) is 5.43 Å². The number of hydrogen-bond acceptors (Lipinski definition) is 4. The van der Waals surface area contributed by atoms with Gasteiger partial charge in [0.2, 0.25) is 0 Å². The molecule has 0 spiro atoms. The molecule has 5 nitrogen and oxygen atoms in total. The van der Waals surface area contributed by atoms with Crippen LogP contribution >= 0.6 is 23.2 Å². The fourth-order valence-electron chi connectivity index (χ4n) is 2.49. The first kappa shape index (κ1) is 21.7. The van der Waals surface area contributed by atoms with E-state index in [-0.39, 0.29) is 5.91 Å². The number of halogens is 2. The molecule has 0 heterocycles. The van der Waals surface area contributed by atoms with Crippen molar-refractivity contribution in [3.8, 4) is 11.5 Å². The van der Waals surface area contributed by atoms with Crippen LogP contribution in [0.5, 0.6) is 11.5 Å². The van der Waals surface area contributed by atoms with E-state index in [1.165, 1.54) is 0 Å². The van der Waals surface area contributed by atoms with Crippen molar-refractivity contribution in [3.63, 3.8) is 0 Å². The van der Waals surface area contributed by atoms with E-state index < -0.39 is 6.10 Å². The zero-order chi connectivity index (χ0) is 21.3. The van der Waals surface area contributed by atoms with Gasteiger partial charge in [-0.15, -0.1) is 0 Å². The molecule has 0 aliphatic heterocycles. The van der Waals surface area contributed by atoms with Crippen molar-refractivity contribution in [2.75, 3.05) is 0 Å². The lowest BCUT2D eigenvalue weighted by Gasteiger charge is -2.13. The molecule has 1 N–H and O–H groups in total. The molecule has 30 heavy (non-hydrogen) atoms. The highest BCUT2D eigenvalue weighted by atomic mass is 35.5. The van der Waals surface area contributed by atoms with E-state index in [0.29, 0.717) is 28.2 Å². The van der Waals surface area contributed by atoms with E-state index in [0.717, 1.165) is 11.1 Å². The normalized spacial score (nSPS) is 11.8. The molecule has 0 radical (unpaired) electrons. The third-order valence-electron chi connectivity index (χ3n) is 4.04. The molecule has 0 saturated carbocycles. The Morgan fingerprint density at radius 2 is 1.73 bits per heavy atom. The zero-order valence-electron chi connectivity index (χ0n) is 16.2. The molecular formula is C23H20Cl2N2O3. The molecule has 0 saturated heterocycles. The van der Waals surface area contributed by atoms with Crippen LogP contribution in [0, 0.1) is 0 Å². The van der Waals surface area contributed by atoms with Crippen LogP contribution in [-0.4, -0.2) is 18.2 Å². The Labute approximate surface area is 185 Å². The van der Waals surface area contributed by atoms with Gasteiger partial charge in [-0.3, -0.25) is 4.79 Å². The van der Waals surface area contributed by atoms with Gasteiger partial charge in [-0.2, -0.15) is 5.10 Å². The van der Waals surface area contributed by atoms with Gasteiger partial charge in [-0.1, -0.05) is 53.5 Å². The molecule has 0 aromatic heterocycles. The number of amides is 1. The minimum atomic E-state index is -0.727. The van der Waals surface area contributed by atoms with Gasteiger partial charge in [-0.05, 0) is 60.5 Å². The highest BCUT2D eigenvalue weighted by Gasteiger charge is 2.13. The van der Waals surface area contributed by atoms with Gasteiger partial charge in [0.15, 0.2) is 6.10 Å². The predicted molar refractivity (Wildman–Crippen MR) is 120 cm³/mol. The van der Waals surface area contributed by atoms with Crippen LogP contribution in [0.15, 0.2) is 77.9 Å². The van der Waals surface area contributed by atoms with Crippen LogP contribution in [-0.2, 0) is 11.4 Å². The number of nitrogens with one attached hydrogen (secondary N) is 1. The molecule has 0 aliphatic carbocycles. The van der Waals surface area contributed by atoms with Crippen molar-refractivity contribution in [1.29, 1.82) is 0 Å². The molecule has 0 fully saturated rings. The van der Waals surface area contributed by atoms with E-state index in [9.17, 15) is 4.79 Å². The van der Waals surface area contributed by atoms with Crippen LogP contribution in [0.25, 0.3) is 0 Å². The van der Waals surface area contributed by atoms with Crippen LogP contribution < -0.4 is 14.9 Å². The lowest BCUT2D eigenvalue weighted by molar-refractivity contribution is -0.127. The molecule has 1 amide bonds. The number of ether oxygens (including phenoxy) is 2. The first-order chi connectivity index (χ1) is 14.5. The molecule has 0 aliphatic rings. The fraction of sp³-hybridized carbons (Fsp3) is 0.130. The standard InChI is InChI=1S/C23H20Cl2N2O3/c1-16(30-22-7-3-5-20(25)13-22)23(28)27-26-14-18-4-2-6-21(12-18)29-15-17-8-10-19(24)11-9-17/h2-14,16H,15H2,1H3,(H,27,28)/b26-14-/t16-/m1/s1. The van der Waals surface area contributed by atoms with Crippen LogP contribution in [0.4, 0.5) is 0 Å². The maximum atomic E-state index is 12.2. The van der Waals surface area contributed by atoms with Gasteiger partial charge in [0.25, 0.3) is 5.91 Å². The summed E-state index contributed by atoms with van der Waals surface area (Å²) in [6, 6.07) is 21.7. The molecule has 7 heteroatoms. The summed E-state index contributed by atoms with van der Waals surface area (Å²) in [6.45, 7) is 2.06. The minimum Gasteiger partial charge on any atom is -0.489 e. The van der Waals surface area contributed by atoms with E-state index in [1.807, 2.05) is 48.5 Å². The summed E-state index contributed by atoms with van der Waals surface area (Å²) in [5.41, 5.74) is 4.27. The Balaban J connectivity index is 1.51. The Morgan fingerprint density at radius 3 is 2.50 bits per heavy atom. The van der Waals surface area contributed by atoms with Gasteiger partial charge in [0.1, 0.15) is 18.1 Å². The first-order valence-electron chi connectivity index (χ1n) is 9.22. The third-order valence-corrected chi connectivity index (χ3v) is 4.53. The first-order valence-corrected chi connectivity index (χ1v) is 9.97. The topological polar surface area (TPSA) is 59.9 Å². The van der Waals surface area contributed by atoms with Crippen LogP contribution in [0.1, 0.15) is 18.1 Å². The number of benzene rings is 3. The molecule has 0 unspecified atom stereocenters. The lowest BCUT2D eigenvalue weighted by atomic mass is 10.2. The molecule has 3 aromatic rings. The molecule has 1 atom stereocenters. The molecule has 0 bridgehead atoms. The second kappa shape index (κ2) is 10.7. The van der Waals surface area contributed by atoms with Gasteiger partial charge < -0.3 is 9.47 Å². The maximum Gasteiger partial charge on any atom is 0.280 e. The summed E-state index contributed by atoms with van der Waals surface area (Å²) in [4.78, 5) is 12.2. The third kappa shape index (κ3) is 6.79.